The highest BCUT2D eigenvalue weighted by Crippen LogP contribution is 2.20. The molecule has 3 rings (SSSR count). The van der Waals surface area contributed by atoms with Crippen LogP contribution >= 0.6 is 0 Å². The first-order valence-corrected chi connectivity index (χ1v) is 7.48. The summed E-state index contributed by atoms with van der Waals surface area (Å²) in [5.74, 6) is -0.764. The lowest BCUT2D eigenvalue weighted by Crippen LogP contribution is -2.35. The van der Waals surface area contributed by atoms with Crippen molar-refractivity contribution in [3.05, 3.63) is 82.2 Å². The molecule has 24 heavy (non-hydrogen) atoms. The van der Waals surface area contributed by atoms with Gasteiger partial charge in [-0.2, -0.15) is 0 Å². The first kappa shape index (κ1) is 15.9. The number of halogens is 1. The quantitative estimate of drug-likeness (QED) is 0.744. The van der Waals surface area contributed by atoms with Gasteiger partial charge in [-0.05, 0) is 36.8 Å². The zero-order valence-corrected chi connectivity index (χ0v) is 13.3. The van der Waals surface area contributed by atoms with E-state index in [0.29, 0.717) is 5.65 Å². The fourth-order valence-corrected chi connectivity index (χ4v) is 2.50. The fraction of sp³-hybridized carbons (Fsp3) is 0.167. The number of carbonyl (C=O) groups is 1. The van der Waals surface area contributed by atoms with Crippen LogP contribution in [-0.4, -0.2) is 27.2 Å². The van der Waals surface area contributed by atoms with Crippen molar-refractivity contribution < 1.29 is 9.18 Å². The lowest BCUT2D eigenvalue weighted by molar-refractivity contribution is 0.0740. The molecule has 2 aromatic heterocycles. The minimum absolute atomic E-state index is 0.00448. The van der Waals surface area contributed by atoms with Gasteiger partial charge in [0.15, 0.2) is 0 Å². The highest BCUT2D eigenvalue weighted by molar-refractivity contribution is 5.93. The molecule has 0 aliphatic rings. The van der Waals surface area contributed by atoms with E-state index in [1.807, 2.05) is 6.92 Å². The van der Waals surface area contributed by atoms with E-state index in [1.54, 1.807) is 43.6 Å². The molecule has 1 aromatic carbocycles. The average Bonchev–Trinajstić information content (AvgIpc) is 2.61. The van der Waals surface area contributed by atoms with E-state index in [0.717, 1.165) is 5.56 Å². The lowest BCUT2D eigenvalue weighted by atomic mass is 10.1. The van der Waals surface area contributed by atoms with E-state index in [1.165, 1.54) is 27.6 Å². The number of hydrogen-bond acceptors (Lipinski definition) is 3. The van der Waals surface area contributed by atoms with Crippen LogP contribution in [0, 0.1) is 5.82 Å². The van der Waals surface area contributed by atoms with Crippen molar-refractivity contribution in [2.75, 3.05) is 7.05 Å². The van der Waals surface area contributed by atoms with Gasteiger partial charge in [0.1, 0.15) is 17.0 Å². The van der Waals surface area contributed by atoms with Gasteiger partial charge in [0.2, 0.25) is 0 Å². The third kappa shape index (κ3) is 2.78. The molecule has 2 heterocycles. The van der Waals surface area contributed by atoms with E-state index in [-0.39, 0.29) is 17.4 Å². The van der Waals surface area contributed by atoms with Crippen LogP contribution in [0.15, 0.2) is 59.7 Å². The SMILES string of the molecule is CC(c1ccc(F)cc1)N(C)C(=O)c1cnc2ccccn2c1=O. The summed E-state index contributed by atoms with van der Waals surface area (Å²) in [6, 6.07) is 10.8. The Labute approximate surface area is 138 Å². The Morgan fingerprint density at radius 2 is 1.92 bits per heavy atom. The molecule has 3 aromatic rings. The first-order chi connectivity index (χ1) is 11.5. The van der Waals surface area contributed by atoms with E-state index in [9.17, 15) is 14.0 Å². The number of hydrogen-bond donors (Lipinski definition) is 0. The van der Waals surface area contributed by atoms with Crippen LogP contribution in [0.5, 0.6) is 0 Å². The van der Waals surface area contributed by atoms with Crippen LogP contribution in [0.1, 0.15) is 28.9 Å². The van der Waals surface area contributed by atoms with Crippen LogP contribution in [-0.2, 0) is 0 Å². The predicted molar refractivity (Wildman–Crippen MR) is 88.4 cm³/mol. The molecule has 0 aliphatic carbocycles. The molecule has 122 valence electrons. The Balaban J connectivity index is 1.95. The number of fused-ring (bicyclic) bond motifs is 1. The average molecular weight is 325 g/mol. The van der Waals surface area contributed by atoms with E-state index in [2.05, 4.69) is 4.98 Å². The maximum Gasteiger partial charge on any atom is 0.270 e. The highest BCUT2D eigenvalue weighted by atomic mass is 19.1. The largest absolute Gasteiger partial charge is 0.335 e. The maximum absolute atomic E-state index is 13.0. The summed E-state index contributed by atoms with van der Waals surface area (Å²) in [5, 5.41) is 0. The maximum atomic E-state index is 13.0. The summed E-state index contributed by atoms with van der Waals surface area (Å²) >= 11 is 0. The molecule has 1 amide bonds. The second-order valence-corrected chi connectivity index (χ2v) is 5.55. The monoisotopic (exact) mass is 325 g/mol. The number of amides is 1. The molecule has 0 N–H and O–H groups in total. The minimum Gasteiger partial charge on any atom is -0.335 e. The van der Waals surface area contributed by atoms with Crippen molar-refractivity contribution in [1.82, 2.24) is 14.3 Å². The normalized spacial score (nSPS) is 12.1. The first-order valence-electron chi connectivity index (χ1n) is 7.48. The van der Waals surface area contributed by atoms with Gasteiger partial charge in [-0.3, -0.25) is 14.0 Å². The molecule has 0 saturated carbocycles. The summed E-state index contributed by atoms with van der Waals surface area (Å²) in [6.45, 7) is 1.82. The third-order valence-corrected chi connectivity index (χ3v) is 4.10. The smallest absolute Gasteiger partial charge is 0.270 e. The Morgan fingerprint density at radius 3 is 2.62 bits per heavy atom. The van der Waals surface area contributed by atoms with Crippen molar-refractivity contribution in [3.8, 4) is 0 Å². The molecule has 0 fully saturated rings. The summed E-state index contributed by atoms with van der Waals surface area (Å²) in [7, 11) is 1.61. The summed E-state index contributed by atoms with van der Waals surface area (Å²) < 4.78 is 14.4. The summed E-state index contributed by atoms with van der Waals surface area (Å²) in [6.07, 6.45) is 2.87. The molecular formula is C18H16FN3O2. The summed E-state index contributed by atoms with van der Waals surface area (Å²) in [5.41, 5.74) is 0.841. The van der Waals surface area contributed by atoms with E-state index < -0.39 is 11.5 Å². The number of nitrogens with zero attached hydrogens (tertiary/aromatic N) is 3. The van der Waals surface area contributed by atoms with Crippen molar-refractivity contribution in [2.45, 2.75) is 13.0 Å². The van der Waals surface area contributed by atoms with Gasteiger partial charge in [0.05, 0.1) is 6.04 Å². The fourth-order valence-electron chi connectivity index (χ4n) is 2.50. The van der Waals surface area contributed by atoms with Crippen molar-refractivity contribution in [1.29, 1.82) is 0 Å². The molecule has 0 aliphatic heterocycles. The van der Waals surface area contributed by atoms with Crippen LogP contribution in [0.3, 0.4) is 0 Å². The van der Waals surface area contributed by atoms with Crippen LogP contribution in [0.4, 0.5) is 4.39 Å². The Kier molecular flexibility index (Phi) is 4.12. The van der Waals surface area contributed by atoms with E-state index in [4.69, 9.17) is 0 Å². The van der Waals surface area contributed by atoms with Crippen LogP contribution < -0.4 is 5.56 Å². The minimum atomic E-state index is -0.428. The van der Waals surface area contributed by atoms with Gasteiger partial charge in [-0.15, -0.1) is 0 Å². The Morgan fingerprint density at radius 1 is 1.21 bits per heavy atom. The zero-order valence-electron chi connectivity index (χ0n) is 13.3. The number of carbonyl (C=O) groups excluding carboxylic acids is 1. The molecule has 0 saturated heterocycles. The topological polar surface area (TPSA) is 54.7 Å². The van der Waals surface area contributed by atoms with Gasteiger partial charge in [-0.1, -0.05) is 18.2 Å². The number of pyridine rings is 1. The van der Waals surface area contributed by atoms with Gasteiger partial charge in [0, 0.05) is 19.4 Å². The van der Waals surface area contributed by atoms with Crippen LogP contribution in [0.2, 0.25) is 0 Å². The molecule has 0 bridgehead atoms. The van der Waals surface area contributed by atoms with Gasteiger partial charge in [-0.25, -0.2) is 9.37 Å². The Bertz CT molecular complexity index is 950. The standard InChI is InChI=1S/C18H16FN3O2/c1-12(13-6-8-14(19)9-7-13)21(2)17(23)15-11-20-16-5-3-4-10-22(16)18(15)24/h3-12H,1-2H3. The summed E-state index contributed by atoms with van der Waals surface area (Å²) in [4.78, 5) is 30.8. The molecular weight excluding hydrogens is 309 g/mol. The second kappa shape index (κ2) is 6.23. The molecule has 5 nitrogen and oxygen atoms in total. The number of rotatable bonds is 3. The molecule has 0 radical (unpaired) electrons. The lowest BCUT2D eigenvalue weighted by Gasteiger charge is -2.25. The molecule has 1 atom stereocenters. The third-order valence-electron chi connectivity index (χ3n) is 4.10. The predicted octanol–water partition coefficient (Wildman–Crippen LogP) is 2.67. The number of aromatic nitrogens is 2. The second-order valence-electron chi connectivity index (χ2n) is 5.55. The zero-order chi connectivity index (χ0) is 17.3. The van der Waals surface area contributed by atoms with Gasteiger partial charge < -0.3 is 4.90 Å². The van der Waals surface area contributed by atoms with Gasteiger partial charge >= 0.3 is 0 Å². The van der Waals surface area contributed by atoms with Crippen molar-refractivity contribution >= 4 is 11.6 Å². The Hall–Kier alpha value is -3.02. The molecule has 0 spiro atoms. The molecule has 1 unspecified atom stereocenters. The van der Waals surface area contributed by atoms with E-state index >= 15 is 0 Å². The highest BCUT2D eigenvalue weighted by Gasteiger charge is 2.22. The molecule has 6 heteroatoms. The van der Waals surface area contributed by atoms with Crippen molar-refractivity contribution in [2.24, 2.45) is 0 Å². The number of benzene rings is 1. The van der Waals surface area contributed by atoms with Crippen LogP contribution in [0.25, 0.3) is 5.65 Å². The van der Waals surface area contributed by atoms with Gasteiger partial charge in [0.25, 0.3) is 11.5 Å². The van der Waals surface area contributed by atoms with Crippen molar-refractivity contribution in [3.63, 3.8) is 0 Å².